The van der Waals surface area contributed by atoms with Gasteiger partial charge in [-0.05, 0) is 42.0 Å². The zero-order valence-electron chi connectivity index (χ0n) is 14.5. The Balaban J connectivity index is 1.66. The number of benzene rings is 3. The predicted octanol–water partition coefficient (Wildman–Crippen LogP) is 6.10. The van der Waals surface area contributed by atoms with Crippen LogP contribution in [0.5, 0.6) is 5.75 Å². The molecule has 0 spiro atoms. The maximum Gasteiger partial charge on any atom is 0.275 e. The molecule has 3 aromatic rings. The van der Waals surface area contributed by atoms with E-state index in [-0.39, 0.29) is 5.91 Å². The molecule has 0 heterocycles. The summed E-state index contributed by atoms with van der Waals surface area (Å²) in [6.45, 7) is 0.348. The van der Waals surface area contributed by atoms with Crippen molar-refractivity contribution in [2.75, 3.05) is 0 Å². The second-order valence-corrected chi connectivity index (χ2v) is 7.54. The second kappa shape index (κ2) is 9.73. The van der Waals surface area contributed by atoms with Crippen molar-refractivity contribution in [1.29, 1.82) is 0 Å². The molecule has 7 heteroatoms. The minimum Gasteiger partial charge on any atom is -0.488 e. The summed E-state index contributed by atoms with van der Waals surface area (Å²) in [5.41, 5.74) is 4.51. The number of hydrazone groups is 1. The van der Waals surface area contributed by atoms with Crippen LogP contribution in [0.3, 0.4) is 0 Å². The molecule has 0 saturated carbocycles. The number of rotatable bonds is 6. The van der Waals surface area contributed by atoms with Gasteiger partial charge in [0.1, 0.15) is 12.4 Å². The number of carbonyl (C=O) groups is 1. The van der Waals surface area contributed by atoms with Gasteiger partial charge in [-0.25, -0.2) is 5.43 Å². The first-order valence-corrected chi connectivity index (χ1v) is 9.82. The lowest BCUT2D eigenvalue weighted by Crippen LogP contribution is -2.18. The van der Waals surface area contributed by atoms with Gasteiger partial charge in [0, 0.05) is 15.1 Å². The van der Waals surface area contributed by atoms with E-state index < -0.39 is 0 Å². The highest BCUT2D eigenvalue weighted by Gasteiger charge is 2.11. The number of nitrogens with one attached hydrogen (secondary N) is 1. The van der Waals surface area contributed by atoms with E-state index in [0.29, 0.717) is 33.5 Å². The molecular formula is C21H15BrCl2N2O2. The minimum absolute atomic E-state index is 0.348. The van der Waals surface area contributed by atoms with Crippen molar-refractivity contribution in [1.82, 2.24) is 5.43 Å². The summed E-state index contributed by atoms with van der Waals surface area (Å²) in [6.07, 6.45) is 1.46. The largest absolute Gasteiger partial charge is 0.488 e. The maximum absolute atomic E-state index is 12.5. The number of hydrogen-bond acceptors (Lipinski definition) is 3. The average molecular weight is 478 g/mol. The van der Waals surface area contributed by atoms with Gasteiger partial charge in [-0.2, -0.15) is 5.10 Å². The molecule has 28 heavy (non-hydrogen) atoms. The minimum atomic E-state index is -0.382. The van der Waals surface area contributed by atoms with Gasteiger partial charge in [0.25, 0.3) is 5.91 Å². The zero-order valence-corrected chi connectivity index (χ0v) is 17.6. The standard InChI is InChI=1S/C21H15BrCl2N2O2/c22-16-8-5-14(6-9-16)13-28-20-4-2-1-3-18(20)21(27)26-25-12-15-7-10-17(23)11-19(15)24/h1-12H,13H2,(H,26,27)/b25-12+. The van der Waals surface area contributed by atoms with E-state index >= 15 is 0 Å². The average Bonchev–Trinajstić information content (AvgIpc) is 2.69. The molecule has 1 amide bonds. The van der Waals surface area contributed by atoms with E-state index in [1.54, 1.807) is 36.4 Å². The fourth-order valence-electron chi connectivity index (χ4n) is 2.35. The van der Waals surface area contributed by atoms with E-state index in [9.17, 15) is 4.79 Å². The molecule has 3 aromatic carbocycles. The molecule has 3 rings (SSSR count). The van der Waals surface area contributed by atoms with Gasteiger partial charge in [0.15, 0.2) is 0 Å². The van der Waals surface area contributed by atoms with Crippen LogP contribution in [0.2, 0.25) is 10.0 Å². The van der Waals surface area contributed by atoms with Crippen LogP contribution in [-0.2, 0) is 6.61 Å². The van der Waals surface area contributed by atoms with Crippen molar-refractivity contribution in [2.45, 2.75) is 6.61 Å². The van der Waals surface area contributed by atoms with E-state index in [1.165, 1.54) is 6.21 Å². The molecule has 0 radical (unpaired) electrons. The van der Waals surface area contributed by atoms with Crippen molar-refractivity contribution in [3.05, 3.63) is 97.9 Å². The predicted molar refractivity (Wildman–Crippen MR) is 116 cm³/mol. The van der Waals surface area contributed by atoms with Crippen molar-refractivity contribution in [2.24, 2.45) is 5.10 Å². The van der Waals surface area contributed by atoms with Gasteiger partial charge in [-0.3, -0.25) is 4.79 Å². The van der Waals surface area contributed by atoms with Gasteiger partial charge < -0.3 is 4.74 Å². The molecule has 0 aliphatic carbocycles. The normalized spacial score (nSPS) is 10.8. The summed E-state index contributed by atoms with van der Waals surface area (Å²) in [6, 6.07) is 19.8. The Morgan fingerprint density at radius 3 is 2.57 bits per heavy atom. The molecule has 4 nitrogen and oxygen atoms in total. The molecule has 0 aromatic heterocycles. The summed E-state index contributed by atoms with van der Waals surface area (Å²) >= 11 is 15.3. The highest BCUT2D eigenvalue weighted by atomic mass is 79.9. The van der Waals surface area contributed by atoms with Crippen LogP contribution >= 0.6 is 39.1 Å². The third-order valence-corrected chi connectivity index (χ3v) is 4.86. The number of ether oxygens (including phenoxy) is 1. The van der Waals surface area contributed by atoms with E-state index in [1.807, 2.05) is 30.3 Å². The Hall–Kier alpha value is -2.34. The molecule has 0 aliphatic heterocycles. The molecule has 0 saturated heterocycles. The van der Waals surface area contributed by atoms with Crippen molar-refractivity contribution < 1.29 is 9.53 Å². The first kappa shape index (κ1) is 20.4. The Labute approximate surface area is 181 Å². The maximum atomic E-state index is 12.5. The van der Waals surface area contributed by atoms with Crippen LogP contribution in [0.4, 0.5) is 0 Å². The SMILES string of the molecule is O=C(N/N=C/c1ccc(Cl)cc1Cl)c1ccccc1OCc1ccc(Br)cc1. The Morgan fingerprint density at radius 2 is 1.82 bits per heavy atom. The molecule has 0 fully saturated rings. The monoisotopic (exact) mass is 476 g/mol. The quantitative estimate of drug-likeness (QED) is 0.344. The fourth-order valence-corrected chi connectivity index (χ4v) is 3.07. The smallest absolute Gasteiger partial charge is 0.275 e. The lowest BCUT2D eigenvalue weighted by molar-refractivity contribution is 0.0950. The molecule has 142 valence electrons. The van der Waals surface area contributed by atoms with Gasteiger partial charge in [0.2, 0.25) is 0 Å². The van der Waals surface area contributed by atoms with Crippen LogP contribution in [0, 0.1) is 0 Å². The van der Waals surface area contributed by atoms with Gasteiger partial charge in [-0.1, -0.05) is 69.5 Å². The lowest BCUT2D eigenvalue weighted by atomic mass is 10.2. The first-order chi connectivity index (χ1) is 13.5. The summed E-state index contributed by atoms with van der Waals surface area (Å²) in [5.74, 6) is 0.0930. The molecular weight excluding hydrogens is 463 g/mol. The van der Waals surface area contributed by atoms with Gasteiger partial charge in [-0.15, -0.1) is 0 Å². The molecule has 0 aliphatic rings. The number of halogens is 3. The Kier molecular flexibility index (Phi) is 7.09. The van der Waals surface area contributed by atoms with Gasteiger partial charge >= 0.3 is 0 Å². The van der Waals surface area contributed by atoms with Crippen molar-refractivity contribution in [3.63, 3.8) is 0 Å². The Bertz CT molecular complexity index is 1010. The molecule has 0 atom stereocenters. The van der Waals surface area contributed by atoms with Crippen LogP contribution in [0.25, 0.3) is 0 Å². The fraction of sp³-hybridized carbons (Fsp3) is 0.0476. The highest BCUT2D eigenvalue weighted by molar-refractivity contribution is 9.10. The summed E-state index contributed by atoms with van der Waals surface area (Å²) in [5, 5.41) is 4.94. The third-order valence-electron chi connectivity index (χ3n) is 3.77. The van der Waals surface area contributed by atoms with E-state index in [0.717, 1.165) is 10.0 Å². The number of para-hydroxylation sites is 1. The number of carbonyl (C=O) groups excluding carboxylic acids is 1. The number of amides is 1. The third kappa shape index (κ3) is 5.58. The number of hydrogen-bond donors (Lipinski definition) is 1. The molecule has 0 unspecified atom stereocenters. The second-order valence-electron chi connectivity index (χ2n) is 5.78. The lowest BCUT2D eigenvalue weighted by Gasteiger charge is -2.10. The molecule has 1 N–H and O–H groups in total. The first-order valence-electron chi connectivity index (χ1n) is 8.27. The van der Waals surface area contributed by atoms with Crippen molar-refractivity contribution in [3.8, 4) is 5.75 Å². The summed E-state index contributed by atoms with van der Waals surface area (Å²) < 4.78 is 6.81. The van der Waals surface area contributed by atoms with Gasteiger partial charge in [0.05, 0.1) is 16.8 Å². The topological polar surface area (TPSA) is 50.7 Å². The van der Waals surface area contributed by atoms with Crippen LogP contribution in [0.15, 0.2) is 76.3 Å². The zero-order chi connectivity index (χ0) is 19.9. The van der Waals surface area contributed by atoms with Crippen LogP contribution in [0.1, 0.15) is 21.5 Å². The van der Waals surface area contributed by atoms with Crippen LogP contribution in [-0.4, -0.2) is 12.1 Å². The highest BCUT2D eigenvalue weighted by Crippen LogP contribution is 2.21. The van der Waals surface area contributed by atoms with E-state index in [2.05, 4.69) is 26.5 Å². The number of nitrogens with zero attached hydrogens (tertiary/aromatic N) is 1. The van der Waals surface area contributed by atoms with Crippen LogP contribution < -0.4 is 10.2 Å². The van der Waals surface area contributed by atoms with E-state index in [4.69, 9.17) is 27.9 Å². The summed E-state index contributed by atoms with van der Waals surface area (Å²) in [4.78, 5) is 12.5. The Morgan fingerprint density at radius 1 is 1.07 bits per heavy atom. The molecule has 0 bridgehead atoms. The summed E-state index contributed by atoms with van der Waals surface area (Å²) in [7, 11) is 0. The van der Waals surface area contributed by atoms with Crippen molar-refractivity contribution >= 4 is 51.3 Å².